The van der Waals surface area contributed by atoms with Crippen LogP contribution in [0.1, 0.15) is 28.4 Å². The highest BCUT2D eigenvalue weighted by Crippen LogP contribution is 2.27. The first kappa shape index (κ1) is 13.9. The Bertz CT molecular complexity index is 495. The highest BCUT2D eigenvalue weighted by atomic mass is 19.3. The van der Waals surface area contributed by atoms with Gasteiger partial charge >= 0.3 is 12.6 Å². The standard InChI is InChI=1S/C12H11F2NO3/c1-3-9-8(6-15)4-7(11(16)17-2)5-10(9)18-12(13)14/h4-5,12H,3H2,1-2H3. The third-order valence-corrected chi connectivity index (χ3v) is 2.32. The summed E-state index contributed by atoms with van der Waals surface area (Å²) in [5, 5.41) is 8.94. The van der Waals surface area contributed by atoms with Gasteiger partial charge in [0.05, 0.1) is 24.3 Å². The predicted octanol–water partition coefficient (Wildman–Crippen LogP) is 2.51. The number of benzene rings is 1. The normalized spacial score (nSPS) is 10.0. The van der Waals surface area contributed by atoms with Crippen LogP contribution in [0, 0.1) is 11.3 Å². The number of methoxy groups -OCH3 is 1. The molecule has 0 spiro atoms. The summed E-state index contributed by atoms with van der Waals surface area (Å²) in [6.07, 6.45) is 0.340. The van der Waals surface area contributed by atoms with Crippen LogP contribution in [0.3, 0.4) is 0 Å². The molecule has 4 nitrogen and oxygen atoms in total. The lowest BCUT2D eigenvalue weighted by molar-refractivity contribution is -0.0505. The summed E-state index contributed by atoms with van der Waals surface area (Å²) in [5.74, 6) is -0.889. The number of carbonyl (C=O) groups is 1. The van der Waals surface area contributed by atoms with Crippen molar-refractivity contribution in [2.24, 2.45) is 0 Å². The number of esters is 1. The minimum absolute atomic E-state index is 0.00176. The first-order valence-corrected chi connectivity index (χ1v) is 5.13. The minimum atomic E-state index is -3.02. The Morgan fingerprint density at radius 2 is 2.17 bits per heavy atom. The van der Waals surface area contributed by atoms with Gasteiger partial charge in [-0.1, -0.05) is 6.92 Å². The Balaban J connectivity index is 3.36. The summed E-state index contributed by atoms with van der Waals surface area (Å²) in [7, 11) is 1.16. The zero-order valence-corrected chi connectivity index (χ0v) is 9.87. The molecule has 0 fully saturated rings. The molecule has 18 heavy (non-hydrogen) atoms. The monoisotopic (exact) mass is 255 g/mol. The molecule has 0 aliphatic carbocycles. The van der Waals surface area contributed by atoms with Crippen LogP contribution in [-0.2, 0) is 11.2 Å². The number of hydrogen-bond donors (Lipinski definition) is 0. The van der Waals surface area contributed by atoms with E-state index in [1.807, 2.05) is 6.07 Å². The zero-order chi connectivity index (χ0) is 13.7. The smallest absolute Gasteiger partial charge is 0.387 e. The maximum atomic E-state index is 12.3. The summed E-state index contributed by atoms with van der Waals surface area (Å²) in [5.41, 5.74) is 0.461. The quantitative estimate of drug-likeness (QED) is 0.775. The van der Waals surface area contributed by atoms with E-state index >= 15 is 0 Å². The molecule has 1 rings (SSSR count). The molecule has 0 N–H and O–H groups in total. The van der Waals surface area contributed by atoms with E-state index in [1.54, 1.807) is 6.92 Å². The molecule has 0 amide bonds. The second kappa shape index (κ2) is 5.96. The summed E-state index contributed by atoms with van der Waals surface area (Å²) in [4.78, 5) is 11.3. The lowest BCUT2D eigenvalue weighted by Crippen LogP contribution is -2.09. The Morgan fingerprint density at radius 1 is 1.50 bits per heavy atom. The van der Waals surface area contributed by atoms with Gasteiger partial charge < -0.3 is 9.47 Å². The lowest BCUT2D eigenvalue weighted by atomic mass is 10.0. The molecule has 1 aromatic rings. The fraction of sp³-hybridized carbons (Fsp3) is 0.333. The van der Waals surface area contributed by atoms with Crippen molar-refractivity contribution >= 4 is 5.97 Å². The van der Waals surface area contributed by atoms with Gasteiger partial charge in [0.2, 0.25) is 0 Å². The molecule has 0 heterocycles. The molecule has 0 aromatic heterocycles. The van der Waals surface area contributed by atoms with Crippen LogP contribution in [0.25, 0.3) is 0 Å². The third-order valence-electron chi connectivity index (χ3n) is 2.32. The van der Waals surface area contributed by atoms with Crippen LogP contribution < -0.4 is 4.74 Å². The van der Waals surface area contributed by atoms with Crippen LogP contribution in [0.2, 0.25) is 0 Å². The highest BCUT2D eigenvalue weighted by Gasteiger charge is 2.17. The first-order chi connectivity index (χ1) is 8.53. The summed E-state index contributed by atoms with van der Waals surface area (Å²) in [6, 6.07) is 4.29. The summed E-state index contributed by atoms with van der Waals surface area (Å²) >= 11 is 0. The molecule has 0 aliphatic heterocycles. The second-order valence-electron chi connectivity index (χ2n) is 3.34. The van der Waals surface area contributed by atoms with Crippen molar-refractivity contribution < 1.29 is 23.0 Å². The topological polar surface area (TPSA) is 59.3 Å². The molecule has 6 heteroatoms. The number of rotatable bonds is 4. The van der Waals surface area contributed by atoms with Gasteiger partial charge in [-0.05, 0) is 18.6 Å². The van der Waals surface area contributed by atoms with Gasteiger partial charge in [0.1, 0.15) is 5.75 Å². The Kier molecular flexibility index (Phi) is 4.60. The van der Waals surface area contributed by atoms with Crippen LogP contribution >= 0.6 is 0 Å². The van der Waals surface area contributed by atoms with E-state index in [1.165, 1.54) is 6.07 Å². The van der Waals surface area contributed by atoms with Crippen LogP contribution in [0.5, 0.6) is 5.75 Å². The van der Waals surface area contributed by atoms with Gasteiger partial charge in [-0.15, -0.1) is 0 Å². The van der Waals surface area contributed by atoms with Crippen LogP contribution in [0.4, 0.5) is 8.78 Å². The van der Waals surface area contributed by atoms with Gasteiger partial charge in [-0.25, -0.2) is 4.79 Å². The molecular weight excluding hydrogens is 244 g/mol. The van der Waals surface area contributed by atoms with Gasteiger partial charge in [0, 0.05) is 5.56 Å². The molecule has 0 unspecified atom stereocenters. The Morgan fingerprint density at radius 3 is 2.61 bits per heavy atom. The largest absolute Gasteiger partial charge is 0.465 e. The van der Waals surface area contributed by atoms with Gasteiger partial charge in [0.15, 0.2) is 0 Å². The second-order valence-corrected chi connectivity index (χ2v) is 3.34. The van der Waals surface area contributed by atoms with Crippen molar-refractivity contribution in [2.45, 2.75) is 20.0 Å². The fourth-order valence-corrected chi connectivity index (χ4v) is 1.55. The van der Waals surface area contributed by atoms with Gasteiger partial charge in [-0.2, -0.15) is 14.0 Å². The van der Waals surface area contributed by atoms with Gasteiger partial charge in [-0.3, -0.25) is 0 Å². The van der Waals surface area contributed by atoms with Crippen LogP contribution in [0.15, 0.2) is 12.1 Å². The molecule has 0 aliphatic rings. The maximum Gasteiger partial charge on any atom is 0.387 e. The van der Waals surface area contributed by atoms with Crippen molar-refractivity contribution in [3.63, 3.8) is 0 Å². The number of nitrogens with zero attached hydrogens (tertiary/aromatic N) is 1. The SMILES string of the molecule is CCc1c(C#N)cc(C(=O)OC)cc1OC(F)F. The lowest BCUT2D eigenvalue weighted by Gasteiger charge is -2.12. The molecule has 0 saturated heterocycles. The molecule has 0 bridgehead atoms. The number of nitriles is 1. The molecule has 1 aromatic carbocycles. The van der Waals surface area contributed by atoms with E-state index in [0.29, 0.717) is 12.0 Å². The number of halogens is 2. The van der Waals surface area contributed by atoms with Crippen molar-refractivity contribution in [1.29, 1.82) is 5.26 Å². The number of carbonyl (C=O) groups excluding carboxylic acids is 1. The van der Waals surface area contributed by atoms with E-state index in [0.717, 1.165) is 13.2 Å². The Hall–Kier alpha value is -2.16. The molecule has 96 valence electrons. The van der Waals surface area contributed by atoms with Crippen molar-refractivity contribution in [3.05, 3.63) is 28.8 Å². The Labute approximate surface area is 103 Å². The average molecular weight is 255 g/mol. The fourth-order valence-electron chi connectivity index (χ4n) is 1.55. The average Bonchev–Trinajstić information content (AvgIpc) is 2.35. The third kappa shape index (κ3) is 2.94. The van der Waals surface area contributed by atoms with Crippen LogP contribution in [-0.4, -0.2) is 19.7 Å². The molecular formula is C12H11F2NO3. The zero-order valence-electron chi connectivity index (χ0n) is 9.87. The summed E-state index contributed by atoms with van der Waals surface area (Å²) in [6.45, 7) is -1.32. The van der Waals surface area contributed by atoms with Crippen molar-refractivity contribution in [1.82, 2.24) is 0 Å². The van der Waals surface area contributed by atoms with E-state index < -0.39 is 12.6 Å². The number of alkyl halides is 2. The minimum Gasteiger partial charge on any atom is -0.465 e. The van der Waals surface area contributed by atoms with Crippen molar-refractivity contribution in [3.8, 4) is 11.8 Å². The molecule has 0 radical (unpaired) electrons. The predicted molar refractivity (Wildman–Crippen MR) is 58.5 cm³/mol. The number of ether oxygens (including phenoxy) is 2. The molecule has 0 atom stereocenters. The first-order valence-electron chi connectivity index (χ1n) is 5.13. The number of hydrogen-bond acceptors (Lipinski definition) is 4. The summed E-state index contributed by atoms with van der Waals surface area (Å²) < 4.78 is 33.3. The highest BCUT2D eigenvalue weighted by molar-refractivity contribution is 5.90. The molecule has 0 saturated carbocycles. The van der Waals surface area contributed by atoms with Crippen molar-refractivity contribution in [2.75, 3.05) is 7.11 Å². The van der Waals surface area contributed by atoms with Gasteiger partial charge in [0.25, 0.3) is 0 Å². The van der Waals surface area contributed by atoms with E-state index in [2.05, 4.69) is 9.47 Å². The van der Waals surface area contributed by atoms with E-state index in [4.69, 9.17) is 5.26 Å². The maximum absolute atomic E-state index is 12.3. The van der Waals surface area contributed by atoms with E-state index in [9.17, 15) is 13.6 Å². The van der Waals surface area contributed by atoms with E-state index in [-0.39, 0.29) is 16.9 Å².